The average Bonchev–Trinajstić information content (AvgIpc) is 3.20. The van der Waals surface area contributed by atoms with Crippen LogP contribution in [0.5, 0.6) is 0 Å². The van der Waals surface area contributed by atoms with Crippen LogP contribution in [-0.2, 0) is 27.1 Å². The van der Waals surface area contributed by atoms with Gasteiger partial charge in [0.15, 0.2) is 0 Å². The number of hydrogen-bond acceptors (Lipinski definition) is 6. The van der Waals surface area contributed by atoms with Gasteiger partial charge in [0.2, 0.25) is 11.7 Å². The van der Waals surface area contributed by atoms with E-state index in [2.05, 4.69) is 14.7 Å². The van der Waals surface area contributed by atoms with Crippen LogP contribution in [0.15, 0.2) is 28.8 Å². The van der Waals surface area contributed by atoms with Gasteiger partial charge in [-0.05, 0) is 11.5 Å². The smallest absolute Gasteiger partial charge is 0.329 e. The summed E-state index contributed by atoms with van der Waals surface area (Å²) in [7, 11) is 1.36. The summed E-state index contributed by atoms with van der Waals surface area (Å²) in [5, 5.41) is 4.52. The van der Waals surface area contributed by atoms with Crippen LogP contribution in [0, 0.1) is 11.8 Å². The van der Waals surface area contributed by atoms with Gasteiger partial charge in [0.25, 0.3) is 0 Å². The minimum Gasteiger partial charge on any atom is -0.329 e. The highest BCUT2D eigenvalue weighted by Crippen LogP contribution is 2.29. The molecule has 0 N–H and O–H groups in total. The SMILES string of the molecule is CCC(=O)CC(C(=O)N(Cc1ccc(-c2noc(C(F)(F)F)n2)cc1)OC)C(C)C. The molecule has 164 valence electrons. The van der Waals surface area contributed by atoms with E-state index >= 15 is 0 Å². The second-order valence-corrected chi connectivity index (χ2v) is 7.12. The third kappa shape index (κ3) is 5.88. The molecule has 0 bridgehead atoms. The van der Waals surface area contributed by atoms with Crippen molar-refractivity contribution < 1.29 is 32.1 Å². The van der Waals surface area contributed by atoms with Crippen molar-refractivity contribution in [3.63, 3.8) is 0 Å². The zero-order valence-corrected chi connectivity index (χ0v) is 17.2. The van der Waals surface area contributed by atoms with Crippen LogP contribution in [0.1, 0.15) is 45.1 Å². The fraction of sp³-hybridized carbons (Fsp3) is 0.500. The van der Waals surface area contributed by atoms with Crippen LogP contribution in [-0.4, -0.2) is 34.0 Å². The molecule has 2 aromatic rings. The Morgan fingerprint density at radius 3 is 2.30 bits per heavy atom. The molecule has 0 spiro atoms. The number of alkyl halides is 3. The number of hydroxylamine groups is 2. The van der Waals surface area contributed by atoms with Crippen molar-refractivity contribution in [1.29, 1.82) is 0 Å². The van der Waals surface area contributed by atoms with Crippen molar-refractivity contribution in [2.75, 3.05) is 7.11 Å². The molecule has 0 aliphatic rings. The first-order chi connectivity index (χ1) is 14.1. The van der Waals surface area contributed by atoms with Crippen LogP contribution in [0.2, 0.25) is 0 Å². The highest BCUT2D eigenvalue weighted by Gasteiger charge is 2.38. The molecule has 0 aliphatic carbocycles. The maximum atomic E-state index is 12.9. The maximum absolute atomic E-state index is 12.9. The highest BCUT2D eigenvalue weighted by atomic mass is 19.4. The summed E-state index contributed by atoms with van der Waals surface area (Å²) >= 11 is 0. The van der Waals surface area contributed by atoms with Gasteiger partial charge in [0.1, 0.15) is 5.78 Å². The number of Topliss-reactive ketones (excluding diaryl/α,β-unsaturated/α-hetero) is 1. The van der Waals surface area contributed by atoms with Crippen LogP contribution >= 0.6 is 0 Å². The first kappa shape index (κ1) is 23.5. The molecule has 1 aromatic carbocycles. The Morgan fingerprint density at radius 2 is 1.83 bits per heavy atom. The molecule has 1 heterocycles. The first-order valence-electron chi connectivity index (χ1n) is 9.44. The molecular weight excluding hydrogens is 403 g/mol. The lowest BCUT2D eigenvalue weighted by atomic mass is 9.89. The molecular formula is C20H24F3N3O4. The number of rotatable bonds is 9. The van der Waals surface area contributed by atoms with E-state index in [4.69, 9.17) is 4.84 Å². The Labute approximate surface area is 172 Å². The molecule has 30 heavy (non-hydrogen) atoms. The van der Waals surface area contributed by atoms with Gasteiger partial charge in [0, 0.05) is 24.3 Å². The van der Waals surface area contributed by atoms with E-state index in [0.29, 0.717) is 17.5 Å². The second kappa shape index (κ2) is 9.84. The number of hydrogen-bond donors (Lipinski definition) is 0. The van der Waals surface area contributed by atoms with Gasteiger partial charge in [-0.25, -0.2) is 5.06 Å². The third-order valence-corrected chi connectivity index (χ3v) is 4.64. The number of carbonyl (C=O) groups is 2. The Hall–Kier alpha value is -2.75. The topological polar surface area (TPSA) is 85.5 Å². The zero-order chi connectivity index (χ0) is 22.5. The largest absolute Gasteiger partial charge is 0.471 e. The summed E-state index contributed by atoms with van der Waals surface area (Å²) in [5.74, 6) is -2.45. The summed E-state index contributed by atoms with van der Waals surface area (Å²) in [5.41, 5.74) is 1.01. The number of nitrogens with zero attached hydrogens (tertiary/aromatic N) is 3. The maximum Gasteiger partial charge on any atom is 0.471 e. The molecule has 10 heteroatoms. The zero-order valence-electron chi connectivity index (χ0n) is 17.2. The lowest BCUT2D eigenvalue weighted by molar-refractivity contribution is -0.186. The molecule has 0 saturated heterocycles. The standard InChI is InChI=1S/C20H24F3N3O4/c1-5-15(27)10-16(12(2)3)18(28)26(29-4)11-13-6-8-14(9-7-13)17-24-19(30-25-17)20(21,22)23/h6-9,12,16H,5,10-11H2,1-4H3. The fourth-order valence-electron chi connectivity index (χ4n) is 2.80. The van der Waals surface area contributed by atoms with E-state index < -0.39 is 18.0 Å². The summed E-state index contributed by atoms with van der Waals surface area (Å²) in [6, 6.07) is 6.30. The molecule has 2 rings (SSSR count). The van der Waals surface area contributed by atoms with Gasteiger partial charge in [0.05, 0.1) is 13.7 Å². The Kier molecular flexibility index (Phi) is 7.71. The summed E-state index contributed by atoms with van der Waals surface area (Å²) < 4.78 is 42.0. The van der Waals surface area contributed by atoms with Crippen LogP contribution in [0.4, 0.5) is 13.2 Å². The van der Waals surface area contributed by atoms with E-state index in [-0.39, 0.29) is 36.4 Å². The first-order valence-corrected chi connectivity index (χ1v) is 9.44. The van der Waals surface area contributed by atoms with E-state index in [0.717, 1.165) is 0 Å². The molecule has 0 radical (unpaired) electrons. The number of amides is 1. The lowest BCUT2D eigenvalue weighted by Gasteiger charge is -2.27. The van der Waals surface area contributed by atoms with Gasteiger partial charge >= 0.3 is 12.1 Å². The summed E-state index contributed by atoms with van der Waals surface area (Å²) in [6.07, 6.45) is -4.21. The van der Waals surface area contributed by atoms with Crippen molar-refractivity contribution in [3.05, 3.63) is 35.7 Å². The molecule has 0 fully saturated rings. The van der Waals surface area contributed by atoms with Crippen molar-refractivity contribution in [3.8, 4) is 11.4 Å². The summed E-state index contributed by atoms with van der Waals surface area (Å²) in [4.78, 5) is 33.3. The minimum atomic E-state index is -4.71. The van der Waals surface area contributed by atoms with Crippen LogP contribution in [0.3, 0.4) is 0 Å². The van der Waals surface area contributed by atoms with Gasteiger partial charge in [-0.1, -0.05) is 50.2 Å². The van der Waals surface area contributed by atoms with E-state index in [9.17, 15) is 22.8 Å². The van der Waals surface area contributed by atoms with E-state index in [1.54, 1.807) is 19.1 Å². The van der Waals surface area contributed by atoms with Crippen LogP contribution in [0.25, 0.3) is 11.4 Å². The number of carbonyl (C=O) groups excluding carboxylic acids is 2. The molecule has 1 atom stereocenters. The predicted octanol–water partition coefficient (Wildman–Crippen LogP) is 4.29. The quantitative estimate of drug-likeness (QED) is 0.555. The average molecular weight is 427 g/mol. The molecule has 0 saturated carbocycles. The number of aromatic nitrogens is 2. The van der Waals surface area contributed by atoms with Crippen molar-refractivity contribution in [1.82, 2.24) is 15.2 Å². The summed E-state index contributed by atoms with van der Waals surface area (Å²) in [6.45, 7) is 5.60. The Morgan fingerprint density at radius 1 is 1.20 bits per heavy atom. The molecule has 1 amide bonds. The fourth-order valence-corrected chi connectivity index (χ4v) is 2.80. The van der Waals surface area contributed by atoms with Crippen LogP contribution < -0.4 is 0 Å². The lowest BCUT2D eigenvalue weighted by Crippen LogP contribution is -2.38. The highest BCUT2D eigenvalue weighted by molar-refractivity contribution is 5.86. The normalized spacial score (nSPS) is 12.8. The Bertz CT molecular complexity index is 863. The van der Waals surface area contributed by atoms with Crippen molar-refractivity contribution in [2.45, 2.75) is 46.3 Å². The number of benzene rings is 1. The number of ketones is 1. The molecule has 0 aliphatic heterocycles. The van der Waals surface area contributed by atoms with Gasteiger partial charge < -0.3 is 4.52 Å². The van der Waals surface area contributed by atoms with Crippen molar-refractivity contribution in [2.24, 2.45) is 11.8 Å². The Balaban J connectivity index is 2.12. The molecule has 1 aromatic heterocycles. The molecule has 1 unspecified atom stereocenters. The van der Waals surface area contributed by atoms with E-state index in [1.807, 2.05) is 13.8 Å². The van der Waals surface area contributed by atoms with Gasteiger partial charge in [-0.3, -0.25) is 14.4 Å². The second-order valence-electron chi connectivity index (χ2n) is 7.12. The van der Waals surface area contributed by atoms with Gasteiger partial charge in [-0.2, -0.15) is 18.2 Å². The minimum absolute atomic E-state index is 0.000735. The van der Waals surface area contributed by atoms with Crippen molar-refractivity contribution >= 4 is 11.7 Å². The monoisotopic (exact) mass is 427 g/mol. The predicted molar refractivity (Wildman–Crippen MR) is 101 cm³/mol. The molecule has 7 nitrogen and oxygen atoms in total. The van der Waals surface area contributed by atoms with E-state index in [1.165, 1.54) is 24.3 Å². The third-order valence-electron chi connectivity index (χ3n) is 4.64. The van der Waals surface area contributed by atoms with Gasteiger partial charge in [-0.15, -0.1) is 0 Å². The number of halogens is 3.